The van der Waals surface area contributed by atoms with Gasteiger partial charge in [-0.1, -0.05) is 30.3 Å². The fourth-order valence-electron chi connectivity index (χ4n) is 1.72. The van der Waals surface area contributed by atoms with Crippen LogP contribution in [-0.4, -0.2) is 6.10 Å². The van der Waals surface area contributed by atoms with Crippen molar-refractivity contribution in [1.29, 1.82) is 0 Å². The number of ether oxygens (including phenoxy) is 1. The van der Waals surface area contributed by atoms with Crippen molar-refractivity contribution in [2.24, 2.45) is 0 Å². The Morgan fingerprint density at radius 3 is 2.50 bits per heavy atom. The number of hydrogen-bond donors (Lipinski definition) is 0. The highest BCUT2D eigenvalue weighted by Crippen LogP contribution is 2.31. The molecule has 1 fully saturated rings. The molecule has 1 aliphatic rings. The first-order chi connectivity index (χ1) is 5.86. The van der Waals surface area contributed by atoms with Crippen LogP contribution in [0.25, 0.3) is 0 Å². The zero-order chi connectivity index (χ0) is 8.39. The molecule has 1 aromatic rings. The number of hydrogen-bond acceptors (Lipinski definition) is 1. The smallest absolute Gasteiger partial charge is 0.0829 e. The summed E-state index contributed by atoms with van der Waals surface area (Å²) < 4.78 is 5.75. The molecule has 1 saturated heterocycles. The lowest BCUT2D eigenvalue weighted by Gasteiger charge is -2.10. The van der Waals surface area contributed by atoms with E-state index >= 15 is 0 Å². The number of rotatable bonds is 1. The van der Waals surface area contributed by atoms with Crippen LogP contribution in [0.1, 0.15) is 31.4 Å². The summed E-state index contributed by atoms with van der Waals surface area (Å²) >= 11 is 0. The minimum absolute atomic E-state index is 0.348. The van der Waals surface area contributed by atoms with Gasteiger partial charge in [0.15, 0.2) is 0 Å². The molecule has 1 nitrogen and oxygen atoms in total. The summed E-state index contributed by atoms with van der Waals surface area (Å²) in [5.74, 6) is 0. The second-order valence-corrected chi connectivity index (χ2v) is 3.42. The first-order valence-electron chi connectivity index (χ1n) is 4.56. The molecule has 64 valence electrons. The molecule has 0 amide bonds. The molecule has 1 heteroatoms. The molecular weight excluding hydrogens is 148 g/mol. The summed E-state index contributed by atoms with van der Waals surface area (Å²) in [6.07, 6.45) is 3.15. The zero-order valence-corrected chi connectivity index (χ0v) is 7.36. The van der Waals surface area contributed by atoms with Crippen LogP contribution in [0.4, 0.5) is 0 Å². The average molecular weight is 162 g/mol. The zero-order valence-electron chi connectivity index (χ0n) is 7.36. The van der Waals surface area contributed by atoms with Gasteiger partial charge in [-0.25, -0.2) is 0 Å². The van der Waals surface area contributed by atoms with E-state index in [2.05, 4.69) is 31.2 Å². The van der Waals surface area contributed by atoms with Crippen molar-refractivity contribution in [1.82, 2.24) is 0 Å². The highest BCUT2D eigenvalue weighted by Gasteiger charge is 2.22. The molecule has 0 spiro atoms. The fourth-order valence-corrected chi connectivity index (χ4v) is 1.72. The molecule has 0 aromatic heterocycles. The monoisotopic (exact) mass is 162 g/mol. The second kappa shape index (κ2) is 3.28. The van der Waals surface area contributed by atoms with Gasteiger partial charge in [0, 0.05) is 0 Å². The highest BCUT2D eigenvalue weighted by molar-refractivity contribution is 5.18. The minimum Gasteiger partial charge on any atom is -0.371 e. The average Bonchev–Trinajstić information content (AvgIpc) is 2.54. The Balaban J connectivity index is 2.11. The van der Waals surface area contributed by atoms with Crippen molar-refractivity contribution in [3.63, 3.8) is 0 Å². The van der Waals surface area contributed by atoms with Crippen LogP contribution >= 0.6 is 0 Å². The van der Waals surface area contributed by atoms with Crippen LogP contribution in [0.3, 0.4) is 0 Å². The van der Waals surface area contributed by atoms with Gasteiger partial charge in [0.25, 0.3) is 0 Å². The maximum absolute atomic E-state index is 5.75. The van der Waals surface area contributed by atoms with Crippen LogP contribution in [0.15, 0.2) is 30.3 Å². The van der Waals surface area contributed by atoms with E-state index in [-0.39, 0.29) is 0 Å². The van der Waals surface area contributed by atoms with Gasteiger partial charge in [-0.2, -0.15) is 0 Å². The molecular formula is C11H14O. The fraction of sp³-hybridized carbons (Fsp3) is 0.455. The second-order valence-electron chi connectivity index (χ2n) is 3.42. The molecule has 12 heavy (non-hydrogen) atoms. The standard InChI is InChI=1S/C11H14O/c1-9-7-8-11(12-9)10-5-3-2-4-6-10/h2-6,9,11H,7-8H2,1H3. The van der Waals surface area contributed by atoms with Gasteiger partial charge in [-0.3, -0.25) is 0 Å². The van der Waals surface area contributed by atoms with Crippen molar-refractivity contribution >= 4 is 0 Å². The molecule has 1 aromatic carbocycles. The first-order valence-corrected chi connectivity index (χ1v) is 4.56. The third kappa shape index (κ3) is 1.51. The molecule has 0 bridgehead atoms. The van der Waals surface area contributed by atoms with E-state index in [1.807, 2.05) is 6.07 Å². The molecule has 0 aliphatic carbocycles. The van der Waals surface area contributed by atoms with Crippen molar-refractivity contribution in [2.45, 2.75) is 32.0 Å². The Bertz CT molecular complexity index is 242. The van der Waals surface area contributed by atoms with Gasteiger partial charge >= 0.3 is 0 Å². The Hall–Kier alpha value is -0.820. The summed E-state index contributed by atoms with van der Waals surface area (Å²) in [6.45, 7) is 2.14. The van der Waals surface area contributed by atoms with E-state index in [9.17, 15) is 0 Å². The molecule has 2 atom stereocenters. The van der Waals surface area contributed by atoms with Crippen LogP contribution in [0.5, 0.6) is 0 Å². The third-order valence-corrected chi connectivity index (χ3v) is 2.40. The largest absolute Gasteiger partial charge is 0.371 e. The van der Waals surface area contributed by atoms with Crippen LogP contribution in [-0.2, 0) is 4.74 Å². The van der Waals surface area contributed by atoms with Crippen LogP contribution < -0.4 is 0 Å². The van der Waals surface area contributed by atoms with Crippen molar-refractivity contribution in [3.05, 3.63) is 35.9 Å². The van der Waals surface area contributed by atoms with Gasteiger partial charge in [0.2, 0.25) is 0 Å². The minimum atomic E-state index is 0.348. The molecule has 1 heterocycles. The van der Waals surface area contributed by atoms with E-state index in [1.54, 1.807) is 0 Å². The summed E-state index contributed by atoms with van der Waals surface area (Å²) in [4.78, 5) is 0. The maximum Gasteiger partial charge on any atom is 0.0829 e. The van der Waals surface area contributed by atoms with Gasteiger partial charge in [-0.05, 0) is 25.3 Å². The van der Waals surface area contributed by atoms with Crippen molar-refractivity contribution < 1.29 is 4.74 Å². The maximum atomic E-state index is 5.75. The molecule has 0 radical (unpaired) electrons. The summed E-state index contributed by atoms with van der Waals surface area (Å²) in [7, 11) is 0. The van der Waals surface area contributed by atoms with E-state index in [4.69, 9.17) is 4.74 Å². The Morgan fingerprint density at radius 2 is 1.92 bits per heavy atom. The Labute approximate surface area is 73.4 Å². The Morgan fingerprint density at radius 1 is 1.17 bits per heavy atom. The molecule has 2 unspecified atom stereocenters. The van der Waals surface area contributed by atoms with Gasteiger partial charge in [-0.15, -0.1) is 0 Å². The summed E-state index contributed by atoms with van der Waals surface area (Å²) in [5.41, 5.74) is 1.32. The topological polar surface area (TPSA) is 9.23 Å². The summed E-state index contributed by atoms with van der Waals surface area (Å²) in [5, 5.41) is 0. The molecule has 0 N–H and O–H groups in total. The highest BCUT2D eigenvalue weighted by atomic mass is 16.5. The molecule has 0 saturated carbocycles. The lowest BCUT2D eigenvalue weighted by atomic mass is 10.1. The van der Waals surface area contributed by atoms with Crippen molar-refractivity contribution in [2.75, 3.05) is 0 Å². The first kappa shape index (κ1) is 7.81. The van der Waals surface area contributed by atoms with E-state index in [0.717, 1.165) is 0 Å². The van der Waals surface area contributed by atoms with Gasteiger partial charge < -0.3 is 4.74 Å². The number of benzene rings is 1. The predicted octanol–water partition coefficient (Wildman–Crippen LogP) is 2.93. The predicted molar refractivity (Wildman–Crippen MR) is 49.0 cm³/mol. The van der Waals surface area contributed by atoms with E-state index in [1.165, 1.54) is 18.4 Å². The van der Waals surface area contributed by atoms with Crippen LogP contribution in [0.2, 0.25) is 0 Å². The Kier molecular flexibility index (Phi) is 2.13. The molecule has 1 aliphatic heterocycles. The van der Waals surface area contributed by atoms with Crippen LogP contribution in [0, 0.1) is 0 Å². The molecule has 2 rings (SSSR count). The van der Waals surface area contributed by atoms with Gasteiger partial charge in [0.1, 0.15) is 0 Å². The van der Waals surface area contributed by atoms with Crippen molar-refractivity contribution in [3.8, 4) is 0 Å². The normalized spacial score (nSPS) is 29.1. The van der Waals surface area contributed by atoms with Gasteiger partial charge in [0.05, 0.1) is 12.2 Å². The quantitative estimate of drug-likeness (QED) is 0.617. The lowest BCUT2D eigenvalue weighted by molar-refractivity contribution is 0.0555. The lowest BCUT2D eigenvalue weighted by Crippen LogP contribution is -2.00. The SMILES string of the molecule is CC1CCC(c2ccccc2)O1. The summed E-state index contributed by atoms with van der Waals surface area (Å²) in [6, 6.07) is 10.5. The van der Waals surface area contributed by atoms with E-state index in [0.29, 0.717) is 12.2 Å². The van der Waals surface area contributed by atoms with E-state index < -0.39 is 0 Å². The third-order valence-electron chi connectivity index (χ3n) is 2.40.